The molecule has 74 valence electrons. The Hall–Kier alpha value is -1.10. The van der Waals surface area contributed by atoms with Gasteiger partial charge in [-0.05, 0) is 5.92 Å². The Kier molecular flexibility index (Phi) is 3.25. The number of rotatable bonds is 4. The lowest BCUT2D eigenvalue weighted by Crippen LogP contribution is -2.10. The summed E-state index contributed by atoms with van der Waals surface area (Å²) in [4.78, 5) is 0. The maximum Gasteiger partial charge on any atom is 0.316 e. The molecule has 0 aliphatic carbocycles. The normalized spacial score (nSPS) is 10.8. The molecule has 1 aromatic rings. The lowest BCUT2D eigenvalue weighted by molar-refractivity contribution is 0.257. The van der Waals surface area contributed by atoms with Crippen molar-refractivity contribution in [2.75, 3.05) is 7.11 Å². The van der Waals surface area contributed by atoms with Crippen LogP contribution in [0.5, 0.6) is 6.01 Å². The topological polar surface area (TPSA) is 60.2 Å². The number of aromatic nitrogens is 3. The van der Waals surface area contributed by atoms with E-state index in [0.717, 1.165) is 6.54 Å². The third-order valence-electron chi connectivity index (χ3n) is 1.67. The molecule has 1 heterocycles. The van der Waals surface area contributed by atoms with Gasteiger partial charge in [0.1, 0.15) is 6.61 Å². The molecule has 0 spiro atoms. The molecule has 1 aromatic heterocycles. The van der Waals surface area contributed by atoms with Gasteiger partial charge in [-0.2, -0.15) is 0 Å². The Balaban J connectivity index is 2.91. The molecule has 13 heavy (non-hydrogen) atoms. The highest BCUT2D eigenvalue weighted by Gasteiger charge is 2.11. The molecule has 0 amide bonds. The van der Waals surface area contributed by atoms with Gasteiger partial charge < -0.3 is 9.84 Å². The van der Waals surface area contributed by atoms with E-state index in [1.807, 2.05) is 0 Å². The molecule has 0 aromatic carbocycles. The fraction of sp³-hybridized carbons (Fsp3) is 0.750. The molecule has 0 radical (unpaired) electrons. The highest BCUT2D eigenvalue weighted by Crippen LogP contribution is 2.12. The molecule has 0 unspecified atom stereocenters. The first-order valence-corrected chi connectivity index (χ1v) is 4.26. The van der Waals surface area contributed by atoms with E-state index in [2.05, 4.69) is 24.0 Å². The van der Waals surface area contributed by atoms with Crippen LogP contribution in [-0.4, -0.2) is 27.0 Å². The zero-order chi connectivity index (χ0) is 9.84. The largest absolute Gasteiger partial charge is 0.467 e. The number of aliphatic hydroxyl groups is 1. The quantitative estimate of drug-likeness (QED) is 0.739. The van der Waals surface area contributed by atoms with Gasteiger partial charge in [-0.3, -0.25) is 4.57 Å². The summed E-state index contributed by atoms with van der Waals surface area (Å²) in [5.74, 6) is 1.01. The zero-order valence-corrected chi connectivity index (χ0v) is 8.19. The maximum atomic E-state index is 8.96. The molecule has 1 N–H and O–H groups in total. The molecule has 0 atom stereocenters. The van der Waals surface area contributed by atoms with Crippen molar-refractivity contribution in [3.8, 4) is 6.01 Å². The lowest BCUT2D eigenvalue weighted by Gasteiger charge is -2.09. The Morgan fingerprint density at radius 2 is 2.15 bits per heavy atom. The van der Waals surface area contributed by atoms with Crippen molar-refractivity contribution in [1.82, 2.24) is 14.8 Å². The van der Waals surface area contributed by atoms with E-state index in [4.69, 9.17) is 9.84 Å². The van der Waals surface area contributed by atoms with Gasteiger partial charge in [-0.25, -0.2) is 0 Å². The molecule has 0 bridgehead atoms. The number of aliphatic hydroxyl groups excluding tert-OH is 1. The van der Waals surface area contributed by atoms with E-state index in [0.29, 0.717) is 17.8 Å². The van der Waals surface area contributed by atoms with Crippen LogP contribution in [0.4, 0.5) is 0 Å². The van der Waals surface area contributed by atoms with Crippen LogP contribution in [-0.2, 0) is 13.2 Å². The number of nitrogens with zero attached hydrogens (tertiary/aromatic N) is 3. The fourth-order valence-electron chi connectivity index (χ4n) is 1.14. The fourth-order valence-corrected chi connectivity index (χ4v) is 1.14. The summed E-state index contributed by atoms with van der Waals surface area (Å²) in [5.41, 5.74) is 0. The van der Waals surface area contributed by atoms with Crippen LogP contribution < -0.4 is 4.74 Å². The first-order valence-electron chi connectivity index (χ1n) is 4.26. The van der Waals surface area contributed by atoms with Gasteiger partial charge in [0.25, 0.3) is 0 Å². The van der Waals surface area contributed by atoms with Gasteiger partial charge in [0.05, 0.1) is 7.11 Å². The van der Waals surface area contributed by atoms with Crippen molar-refractivity contribution >= 4 is 0 Å². The van der Waals surface area contributed by atoms with Crippen molar-refractivity contribution < 1.29 is 9.84 Å². The van der Waals surface area contributed by atoms with E-state index in [-0.39, 0.29) is 6.61 Å². The Bertz CT molecular complexity index is 249. The van der Waals surface area contributed by atoms with E-state index in [1.54, 1.807) is 11.7 Å². The molecule has 0 aliphatic rings. The van der Waals surface area contributed by atoms with E-state index < -0.39 is 0 Å². The van der Waals surface area contributed by atoms with Gasteiger partial charge in [0.15, 0.2) is 5.82 Å². The molecule has 5 nitrogen and oxygen atoms in total. The smallest absolute Gasteiger partial charge is 0.316 e. The predicted molar refractivity (Wildman–Crippen MR) is 47.3 cm³/mol. The number of hydrogen-bond donors (Lipinski definition) is 1. The molecule has 0 aliphatic heterocycles. The maximum absolute atomic E-state index is 8.96. The Labute approximate surface area is 77.4 Å². The zero-order valence-electron chi connectivity index (χ0n) is 8.19. The van der Waals surface area contributed by atoms with Gasteiger partial charge in [0, 0.05) is 6.54 Å². The molecule has 0 fully saturated rings. The highest BCUT2D eigenvalue weighted by atomic mass is 16.5. The molecule has 5 heteroatoms. The first kappa shape index (κ1) is 9.98. The van der Waals surface area contributed by atoms with Gasteiger partial charge in [0.2, 0.25) is 0 Å². The minimum absolute atomic E-state index is 0.108. The van der Waals surface area contributed by atoms with Crippen LogP contribution in [0.25, 0.3) is 0 Å². The van der Waals surface area contributed by atoms with Crippen molar-refractivity contribution in [2.45, 2.75) is 27.0 Å². The van der Waals surface area contributed by atoms with Crippen molar-refractivity contribution in [3.05, 3.63) is 5.82 Å². The highest BCUT2D eigenvalue weighted by molar-refractivity contribution is 4.99. The van der Waals surface area contributed by atoms with Crippen molar-refractivity contribution in [3.63, 3.8) is 0 Å². The van der Waals surface area contributed by atoms with Crippen LogP contribution in [0.15, 0.2) is 0 Å². The molecule has 0 saturated heterocycles. The monoisotopic (exact) mass is 185 g/mol. The SMILES string of the molecule is COc1nnc(CO)n1CC(C)C. The number of hydrogen-bond acceptors (Lipinski definition) is 4. The third kappa shape index (κ3) is 2.18. The minimum atomic E-state index is -0.108. The summed E-state index contributed by atoms with van der Waals surface area (Å²) in [6.45, 7) is 4.82. The molecular formula is C8H15N3O2. The van der Waals surface area contributed by atoms with Crippen LogP contribution in [0.2, 0.25) is 0 Å². The summed E-state index contributed by atoms with van der Waals surface area (Å²) in [7, 11) is 1.54. The van der Waals surface area contributed by atoms with Gasteiger partial charge in [-0.1, -0.05) is 18.9 Å². The summed E-state index contributed by atoms with van der Waals surface area (Å²) < 4.78 is 6.79. The summed E-state index contributed by atoms with van der Waals surface area (Å²) in [6.07, 6.45) is 0. The number of ether oxygens (including phenoxy) is 1. The van der Waals surface area contributed by atoms with Crippen LogP contribution in [0, 0.1) is 5.92 Å². The predicted octanol–water partition coefficient (Wildman–Crippen LogP) is 0.435. The minimum Gasteiger partial charge on any atom is -0.467 e. The molecule has 1 rings (SSSR count). The lowest BCUT2D eigenvalue weighted by atomic mass is 10.2. The van der Waals surface area contributed by atoms with Crippen molar-refractivity contribution in [1.29, 1.82) is 0 Å². The Morgan fingerprint density at radius 1 is 1.46 bits per heavy atom. The van der Waals surface area contributed by atoms with Crippen LogP contribution >= 0.6 is 0 Å². The summed E-state index contributed by atoms with van der Waals surface area (Å²) in [6, 6.07) is 0.456. The second-order valence-electron chi connectivity index (χ2n) is 3.27. The second kappa shape index (κ2) is 4.23. The van der Waals surface area contributed by atoms with Crippen LogP contribution in [0.3, 0.4) is 0 Å². The summed E-state index contributed by atoms with van der Waals surface area (Å²) in [5, 5.41) is 16.5. The average Bonchev–Trinajstić information content (AvgIpc) is 2.46. The van der Waals surface area contributed by atoms with Gasteiger partial charge in [-0.15, -0.1) is 5.10 Å². The second-order valence-corrected chi connectivity index (χ2v) is 3.27. The van der Waals surface area contributed by atoms with Crippen molar-refractivity contribution in [2.24, 2.45) is 5.92 Å². The van der Waals surface area contributed by atoms with E-state index >= 15 is 0 Å². The van der Waals surface area contributed by atoms with Gasteiger partial charge >= 0.3 is 6.01 Å². The Morgan fingerprint density at radius 3 is 2.62 bits per heavy atom. The summed E-state index contributed by atoms with van der Waals surface area (Å²) >= 11 is 0. The molecule has 0 saturated carbocycles. The first-order chi connectivity index (χ1) is 6.19. The van der Waals surface area contributed by atoms with E-state index in [1.165, 1.54) is 0 Å². The molecular weight excluding hydrogens is 170 g/mol. The number of methoxy groups -OCH3 is 1. The average molecular weight is 185 g/mol. The standard InChI is InChI=1S/C8H15N3O2/c1-6(2)4-11-7(5-12)9-10-8(11)13-3/h6,12H,4-5H2,1-3H3. The van der Waals surface area contributed by atoms with E-state index in [9.17, 15) is 0 Å². The third-order valence-corrected chi connectivity index (χ3v) is 1.67. The van der Waals surface area contributed by atoms with Crippen LogP contribution in [0.1, 0.15) is 19.7 Å².